The minimum atomic E-state index is 0.128. The number of allylic oxidation sites excluding steroid dienone is 3. The van der Waals surface area contributed by atoms with Gasteiger partial charge in [0.1, 0.15) is 11.9 Å². The topological polar surface area (TPSA) is 18.5 Å². The molecule has 2 nitrogen and oxygen atoms in total. The van der Waals surface area contributed by atoms with E-state index in [-0.39, 0.29) is 6.10 Å². The second kappa shape index (κ2) is 4.28. The van der Waals surface area contributed by atoms with Crippen LogP contribution in [-0.2, 0) is 9.47 Å². The molecule has 13 heavy (non-hydrogen) atoms. The van der Waals surface area contributed by atoms with E-state index in [1.54, 1.807) is 7.11 Å². The van der Waals surface area contributed by atoms with Crippen molar-refractivity contribution < 1.29 is 9.47 Å². The maximum absolute atomic E-state index is 5.49. The van der Waals surface area contributed by atoms with E-state index < -0.39 is 0 Å². The van der Waals surface area contributed by atoms with Crippen LogP contribution in [0.25, 0.3) is 0 Å². The van der Waals surface area contributed by atoms with Crippen LogP contribution in [0.1, 0.15) is 13.3 Å². The first-order chi connectivity index (χ1) is 6.13. The zero-order valence-electron chi connectivity index (χ0n) is 8.30. The summed E-state index contributed by atoms with van der Waals surface area (Å²) in [5, 5.41) is 0. The molecule has 0 aromatic rings. The van der Waals surface area contributed by atoms with E-state index in [1.165, 1.54) is 0 Å². The molecule has 0 spiro atoms. The predicted molar refractivity (Wildman–Crippen MR) is 53.4 cm³/mol. The summed E-state index contributed by atoms with van der Waals surface area (Å²) in [5.41, 5.74) is 2.16. The Balaban J connectivity index is 2.61. The van der Waals surface area contributed by atoms with Gasteiger partial charge in [-0.1, -0.05) is 24.8 Å². The fraction of sp³-hybridized carbons (Fsp3) is 0.455. The Morgan fingerprint density at radius 2 is 2.46 bits per heavy atom. The third-order valence-corrected chi connectivity index (χ3v) is 1.89. The molecule has 0 N–H and O–H groups in total. The number of ether oxygens (including phenoxy) is 2. The van der Waals surface area contributed by atoms with E-state index in [2.05, 4.69) is 13.2 Å². The molecule has 1 fully saturated rings. The van der Waals surface area contributed by atoms with Crippen LogP contribution in [0, 0.1) is 0 Å². The first kappa shape index (κ1) is 10.1. The molecule has 0 bridgehead atoms. The van der Waals surface area contributed by atoms with Gasteiger partial charge in [0.05, 0.1) is 6.61 Å². The Morgan fingerprint density at radius 3 is 3.00 bits per heavy atom. The van der Waals surface area contributed by atoms with Gasteiger partial charge in [0.25, 0.3) is 0 Å². The normalized spacial score (nSPS) is 24.9. The lowest BCUT2D eigenvalue weighted by molar-refractivity contribution is 0.0638. The molecule has 0 aromatic carbocycles. The molecule has 0 amide bonds. The van der Waals surface area contributed by atoms with E-state index in [1.807, 2.05) is 13.0 Å². The average Bonchev–Trinajstić information content (AvgIpc) is 2.31. The summed E-state index contributed by atoms with van der Waals surface area (Å²) in [4.78, 5) is 0. The summed E-state index contributed by atoms with van der Waals surface area (Å²) >= 11 is 0. The van der Waals surface area contributed by atoms with Gasteiger partial charge in [-0.2, -0.15) is 0 Å². The van der Waals surface area contributed by atoms with Crippen molar-refractivity contribution in [2.24, 2.45) is 0 Å². The Morgan fingerprint density at radius 1 is 1.77 bits per heavy atom. The molecule has 0 aliphatic carbocycles. The highest BCUT2D eigenvalue weighted by Crippen LogP contribution is 2.28. The average molecular weight is 180 g/mol. The molecule has 1 aliphatic heterocycles. The van der Waals surface area contributed by atoms with Crippen LogP contribution in [0.3, 0.4) is 0 Å². The van der Waals surface area contributed by atoms with Crippen molar-refractivity contribution >= 4 is 0 Å². The Labute approximate surface area is 79.5 Å². The molecule has 1 aliphatic rings. The highest BCUT2D eigenvalue weighted by molar-refractivity contribution is 5.34. The van der Waals surface area contributed by atoms with E-state index in [4.69, 9.17) is 9.47 Å². The molecule has 1 heterocycles. The van der Waals surface area contributed by atoms with Crippen LogP contribution < -0.4 is 0 Å². The van der Waals surface area contributed by atoms with E-state index >= 15 is 0 Å². The molecular weight excluding hydrogens is 164 g/mol. The monoisotopic (exact) mass is 180 g/mol. The second-order valence-corrected chi connectivity index (χ2v) is 3.34. The molecule has 1 atom stereocenters. The highest BCUT2D eigenvalue weighted by atomic mass is 16.5. The molecule has 1 rings (SSSR count). The van der Waals surface area contributed by atoms with Crippen molar-refractivity contribution in [3.63, 3.8) is 0 Å². The summed E-state index contributed by atoms with van der Waals surface area (Å²) in [6.45, 7) is 10.2. The van der Waals surface area contributed by atoms with Gasteiger partial charge < -0.3 is 9.47 Å². The molecule has 0 radical (unpaired) electrons. The minimum Gasteiger partial charge on any atom is -0.488 e. The van der Waals surface area contributed by atoms with Crippen molar-refractivity contribution in [2.45, 2.75) is 19.4 Å². The molecule has 72 valence electrons. The number of methoxy groups -OCH3 is 1. The first-order valence-corrected chi connectivity index (χ1v) is 4.34. The number of hydrogen-bond donors (Lipinski definition) is 0. The van der Waals surface area contributed by atoms with Crippen molar-refractivity contribution in [1.29, 1.82) is 0 Å². The van der Waals surface area contributed by atoms with Gasteiger partial charge in [-0.15, -0.1) is 0 Å². The van der Waals surface area contributed by atoms with Crippen molar-refractivity contribution in [1.82, 2.24) is 0 Å². The van der Waals surface area contributed by atoms with Gasteiger partial charge in [0, 0.05) is 13.5 Å². The van der Waals surface area contributed by atoms with Crippen LogP contribution in [0.15, 0.2) is 36.1 Å². The summed E-state index contributed by atoms with van der Waals surface area (Å²) < 4.78 is 10.5. The lowest BCUT2D eigenvalue weighted by Crippen LogP contribution is -2.11. The Hall–Kier alpha value is -1.02. The van der Waals surface area contributed by atoms with E-state index in [0.717, 1.165) is 23.3 Å². The van der Waals surface area contributed by atoms with Crippen LogP contribution in [-0.4, -0.2) is 19.8 Å². The summed E-state index contributed by atoms with van der Waals surface area (Å²) in [5.74, 6) is 0.755. The summed E-state index contributed by atoms with van der Waals surface area (Å²) in [6.07, 6.45) is 3.01. The third-order valence-electron chi connectivity index (χ3n) is 1.89. The van der Waals surface area contributed by atoms with Gasteiger partial charge >= 0.3 is 0 Å². The quantitative estimate of drug-likeness (QED) is 0.664. The van der Waals surface area contributed by atoms with Crippen molar-refractivity contribution in [3.05, 3.63) is 36.1 Å². The number of rotatable bonds is 3. The Bertz CT molecular complexity index is 251. The molecule has 1 saturated heterocycles. The van der Waals surface area contributed by atoms with Gasteiger partial charge in [-0.25, -0.2) is 0 Å². The summed E-state index contributed by atoms with van der Waals surface area (Å²) in [6, 6.07) is 0. The van der Waals surface area contributed by atoms with Crippen LogP contribution >= 0.6 is 0 Å². The van der Waals surface area contributed by atoms with Gasteiger partial charge in [0.2, 0.25) is 0 Å². The molecule has 1 unspecified atom stereocenters. The standard InChI is InChI=1S/C11H16O2/c1-8(2)5-10-6-11(7-12-4)13-9(10)3/h5,11H,1,3,6-7H2,2,4H3/b10-5-. The zero-order valence-corrected chi connectivity index (χ0v) is 8.30. The van der Waals surface area contributed by atoms with Gasteiger partial charge in [-0.3, -0.25) is 0 Å². The van der Waals surface area contributed by atoms with Crippen LogP contribution in [0.4, 0.5) is 0 Å². The SMILES string of the molecule is C=C(C)/C=C1/CC(COC)OC1=C. The molecule has 2 heteroatoms. The summed E-state index contributed by atoms with van der Waals surface area (Å²) in [7, 11) is 1.67. The smallest absolute Gasteiger partial charge is 0.126 e. The maximum Gasteiger partial charge on any atom is 0.126 e. The van der Waals surface area contributed by atoms with E-state index in [0.29, 0.717) is 6.61 Å². The van der Waals surface area contributed by atoms with E-state index in [9.17, 15) is 0 Å². The number of hydrogen-bond acceptors (Lipinski definition) is 2. The largest absolute Gasteiger partial charge is 0.488 e. The Kier molecular flexibility index (Phi) is 3.32. The third kappa shape index (κ3) is 2.74. The fourth-order valence-electron chi connectivity index (χ4n) is 1.39. The van der Waals surface area contributed by atoms with Crippen LogP contribution in [0.2, 0.25) is 0 Å². The second-order valence-electron chi connectivity index (χ2n) is 3.34. The minimum absolute atomic E-state index is 0.128. The van der Waals surface area contributed by atoms with Gasteiger partial charge in [-0.05, 0) is 12.5 Å². The predicted octanol–water partition coefficient (Wildman–Crippen LogP) is 2.44. The van der Waals surface area contributed by atoms with Gasteiger partial charge in [0.15, 0.2) is 0 Å². The fourth-order valence-corrected chi connectivity index (χ4v) is 1.39. The van der Waals surface area contributed by atoms with Crippen molar-refractivity contribution in [2.75, 3.05) is 13.7 Å². The maximum atomic E-state index is 5.49. The van der Waals surface area contributed by atoms with Crippen LogP contribution in [0.5, 0.6) is 0 Å². The highest BCUT2D eigenvalue weighted by Gasteiger charge is 2.23. The molecular formula is C11H16O2. The molecule has 0 aromatic heterocycles. The lowest BCUT2D eigenvalue weighted by atomic mass is 10.1. The zero-order chi connectivity index (χ0) is 9.84. The first-order valence-electron chi connectivity index (χ1n) is 4.34. The van der Waals surface area contributed by atoms with Crippen molar-refractivity contribution in [3.8, 4) is 0 Å². The lowest BCUT2D eigenvalue weighted by Gasteiger charge is -2.06. The molecule has 0 saturated carbocycles.